The largest absolute Gasteiger partial charge is 0.489 e. The monoisotopic (exact) mass is 436 g/mol. The molecule has 0 aliphatic heterocycles. The van der Waals surface area contributed by atoms with Gasteiger partial charge in [0.1, 0.15) is 28.9 Å². The first kappa shape index (κ1) is 20.3. The van der Waals surface area contributed by atoms with E-state index in [1.165, 1.54) is 30.3 Å². The van der Waals surface area contributed by atoms with Gasteiger partial charge in [0.25, 0.3) is 5.91 Å². The lowest BCUT2D eigenvalue weighted by Crippen LogP contribution is -2.25. The van der Waals surface area contributed by atoms with E-state index >= 15 is 0 Å². The van der Waals surface area contributed by atoms with Crippen LogP contribution in [0.3, 0.4) is 0 Å². The number of carbonyl (C=O) groups is 1. The predicted molar refractivity (Wildman–Crippen MR) is 104 cm³/mol. The lowest BCUT2D eigenvalue weighted by molar-refractivity contribution is -0.138. The van der Waals surface area contributed by atoms with Gasteiger partial charge in [0.05, 0.1) is 5.56 Å². The maximum absolute atomic E-state index is 14.6. The summed E-state index contributed by atoms with van der Waals surface area (Å²) >= 11 is 1.14. The summed E-state index contributed by atoms with van der Waals surface area (Å²) in [6.45, 7) is -0.350. The Hall–Kier alpha value is -2.94. The van der Waals surface area contributed by atoms with Crippen LogP contribution in [0, 0.1) is 5.82 Å². The van der Waals surface area contributed by atoms with Crippen molar-refractivity contribution in [2.24, 2.45) is 0 Å². The van der Waals surface area contributed by atoms with Crippen LogP contribution in [0.5, 0.6) is 5.75 Å². The fourth-order valence-corrected chi connectivity index (χ4v) is 3.66. The fourth-order valence-electron chi connectivity index (χ4n) is 2.83. The van der Waals surface area contributed by atoms with E-state index in [0.717, 1.165) is 36.3 Å². The van der Waals surface area contributed by atoms with Gasteiger partial charge in [0, 0.05) is 28.6 Å². The number of nitrogens with zero attached hydrogens (tertiary/aromatic N) is 1. The van der Waals surface area contributed by atoms with Crippen molar-refractivity contribution in [3.05, 3.63) is 70.5 Å². The number of nitrogens with one attached hydrogen (secondary N) is 1. The third-order valence-corrected chi connectivity index (χ3v) is 5.41. The molecular weight excluding hydrogens is 420 g/mol. The van der Waals surface area contributed by atoms with Crippen LogP contribution in [-0.4, -0.2) is 16.9 Å². The normalized spacial score (nSPS) is 13.9. The number of ether oxygens (including phenoxy) is 1. The predicted octanol–water partition coefficient (Wildman–Crippen LogP) is 5.44. The van der Waals surface area contributed by atoms with Gasteiger partial charge < -0.3 is 10.1 Å². The Bertz CT molecular complexity index is 1080. The van der Waals surface area contributed by atoms with Gasteiger partial charge in [-0.15, -0.1) is 11.3 Å². The van der Waals surface area contributed by atoms with Crippen molar-refractivity contribution in [1.29, 1.82) is 0 Å². The lowest BCUT2D eigenvalue weighted by Gasteiger charge is -2.13. The Balaban J connectivity index is 1.47. The molecule has 0 radical (unpaired) electrons. The molecule has 3 aromatic rings. The minimum atomic E-state index is -4.50. The van der Waals surface area contributed by atoms with Crippen LogP contribution in [-0.2, 0) is 12.8 Å². The number of rotatable bonds is 6. The van der Waals surface area contributed by atoms with E-state index in [9.17, 15) is 22.4 Å². The Morgan fingerprint density at radius 1 is 1.20 bits per heavy atom. The SMILES string of the molecule is O=C(NC1CC1)c1csc(-c2ccc(OCc3ccccc3C(F)(F)F)cc2F)n1. The zero-order valence-corrected chi connectivity index (χ0v) is 16.3. The highest BCUT2D eigenvalue weighted by Crippen LogP contribution is 2.33. The average Bonchev–Trinajstić information content (AvgIpc) is 3.38. The average molecular weight is 436 g/mol. The van der Waals surface area contributed by atoms with Gasteiger partial charge in [-0.1, -0.05) is 18.2 Å². The fraction of sp³-hybridized carbons (Fsp3) is 0.238. The Labute approximate surface area is 173 Å². The van der Waals surface area contributed by atoms with Gasteiger partial charge in [-0.25, -0.2) is 9.37 Å². The first-order valence-corrected chi connectivity index (χ1v) is 10.0. The molecule has 1 heterocycles. The zero-order valence-electron chi connectivity index (χ0n) is 15.5. The third kappa shape index (κ3) is 4.62. The zero-order chi connectivity index (χ0) is 21.3. The van der Waals surface area contributed by atoms with Crippen LogP contribution in [0.25, 0.3) is 10.6 Å². The van der Waals surface area contributed by atoms with Gasteiger partial charge in [0.15, 0.2) is 0 Å². The highest BCUT2D eigenvalue weighted by atomic mass is 32.1. The summed E-state index contributed by atoms with van der Waals surface area (Å²) in [7, 11) is 0. The Kier molecular flexibility index (Phi) is 5.46. The first-order chi connectivity index (χ1) is 14.3. The number of aromatic nitrogens is 1. The lowest BCUT2D eigenvalue weighted by atomic mass is 10.1. The molecular formula is C21H16F4N2O2S. The van der Waals surface area contributed by atoms with Crippen LogP contribution in [0.15, 0.2) is 47.8 Å². The number of thiazole rings is 1. The summed E-state index contributed by atoms with van der Waals surface area (Å²) in [6.07, 6.45) is -2.60. The number of halogens is 4. The molecule has 0 saturated heterocycles. The van der Waals surface area contributed by atoms with Crippen LogP contribution in [0.2, 0.25) is 0 Å². The molecule has 30 heavy (non-hydrogen) atoms. The minimum absolute atomic E-state index is 0.0410. The van der Waals surface area contributed by atoms with Gasteiger partial charge >= 0.3 is 6.18 Å². The van der Waals surface area contributed by atoms with E-state index in [-0.39, 0.29) is 41.1 Å². The van der Waals surface area contributed by atoms with E-state index in [2.05, 4.69) is 10.3 Å². The molecule has 0 unspecified atom stereocenters. The van der Waals surface area contributed by atoms with E-state index in [1.54, 1.807) is 5.38 Å². The second-order valence-corrected chi connectivity index (χ2v) is 7.73. The van der Waals surface area contributed by atoms with Crippen molar-refractivity contribution in [1.82, 2.24) is 10.3 Å². The van der Waals surface area contributed by atoms with E-state index in [0.29, 0.717) is 5.01 Å². The molecule has 1 aliphatic rings. The molecule has 4 rings (SSSR count). The Morgan fingerprint density at radius 2 is 1.97 bits per heavy atom. The quantitative estimate of drug-likeness (QED) is 0.524. The smallest absolute Gasteiger partial charge is 0.416 e. The molecule has 156 valence electrons. The van der Waals surface area contributed by atoms with Crippen molar-refractivity contribution in [2.45, 2.75) is 31.7 Å². The number of alkyl halides is 3. The molecule has 1 aliphatic carbocycles. The molecule has 1 saturated carbocycles. The molecule has 1 N–H and O–H groups in total. The molecule has 1 aromatic heterocycles. The van der Waals surface area contributed by atoms with Crippen LogP contribution in [0.1, 0.15) is 34.5 Å². The van der Waals surface area contributed by atoms with Crippen molar-refractivity contribution in [3.63, 3.8) is 0 Å². The highest BCUT2D eigenvalue weighted by Gasteiger charge is 2.33. The number of hydrogen-bond acceptors (Lipinski definition) is 4. The molecule has 4 nitrogen and oxygen atoms in total. The van der Waals surface area contributed by atoms with Crippen LogP contribution in [0.4, 0.5) is 17.6 Å². The van der Waals surface area contributed by atoms with E-state index in [1.807, 2.05) is 0 Å². The molecule has 2 aromatic carbocycles. The Morgan fingerprint density at radius 3 is 2.67 bits per heavy atom. The van der Waals surface area contributed by atoms with Gasteiger partial charge in [-0.3, -0.25) is 4.79 Å². The second kappa shape index (κ2) is 8.06. The standard InChI is InChI=1S/C21H16F4N2O2S/c22-17-9-14(29-10-12-3-1-2-4-16(12)21(23,24)25)7-8-15(17)20-27-18(11-30-20)19(28)26-13-5-6-13/h1-4,7-9,11,13H,5-6,10H2,(H,26,28). The van der Waals surface area contributed by atoms with E-state index < -0.39 is 17.6 Å². The van der Waals surface area contributed by atoms with Crippen LogP contribution >= 0.6 is 11.3 Å². The maximum Gasteiger partial charge on any atom is 0.416 e. The molecule has 0 spiro atoms. The topological polar surface area (TPSA) is 51.2 Å². The maximum atomic E-state index is 14.6. The number of hydrogen-bond donors (Lipinski definition) is 1. The summed E-state index contributed by atoms with van der Waals surface area (Å²) in [4.78, 5) is 16.2. The summed E-state index contributed by atoms with van der Waals surface area (Å²) in [5, 5.41) is 4.71. The van der Waals surface area contributed by atoms with Gasteiger partial charge in [-0.2, -0.15) is 13.2 Å². The second-order valence-electron chi connectivity index (χ2n) is 6.87. The summed E-state index contributed by atoms with van der Waals surface area (Å²) < 4.78 is 59.1. The number of amides is 1. The first-order valence-electron chi connectivity index (χ1n) is 9.15. The minimum Gasteiger partial charge on any atom is -0.489 e. The molecule has 1 amide bonds. The number of carbonyl (C=O) groups excluding carboxylic acids is 1. The number of benzene rings is 2. The third-order valence-electron chi connectivity index (χ3n) is 4.54. The summed E-state index contributed by atoms with van der Waals surface area (Å²) in [5.74, 6) is -0.833. The van der Waals surface area contributed by atoms with Crippen LogP contribution < -0.4 is 10.1 Å². The van der Waals surface area contributed by atoms with E-state index in [4.69, 9.17) is 4.74 Å². The van der Waals surface area contributed by atoms with Crippen molar-refractivity contribution in [3.8, 4) is 16.3 Å². The summed E-state index contributed by atoms with van der Waals surface area (Å²) in [6, 6.07) is 9.25. The molecule has 9 heteroatoms. The van der Waals surface area contributed by atoms with Gasteiger partial charge in [0.2, 0.25) is 0 Å². The highest BCUT2D eigenvalue weighted by molar-refractivity contribution is 7.13. The molecule has 0 atom stereocenters. The molecule has 0 bridgehead atoms. The van der Waals surface area contributed by atoms with Crippen molar-refractivity contribution < 1.29 is 27.1 Å². The van der Waals surface area contributed by atoms with Gasteiger partial charge in [-0.05, 0) is 31.0 Å². The van der Waals surface area contributed by atoms with Crippen molar-refractivity contribution in [2.75, 3.05) is 0 Å². The van der Waals surface area contributed by atoms with Crippen molar-refractivity contribution >= 4 is 17.2 Å². The molecule has 1 fully saturated rings. The summed E-state index contributed by atoms with van der Waals surface area (Å²) in [5.41, 5.74) is -0.415.